The highest BCUT2D eigenvalue weighted by atomic mass is 79.9. The van der Waals surface area contributed by atoms with Gasteiger partial charge in [0, 0.05) is 16.6 Å². The first-order chi connectivity index (χ1) is 18.2. The van der Waals surface area contributed by atoms with Crippen molar-refractivity contribution in [2.75, 3.05) is 10.8 Å². The maximum atomic E-state index is 14.0. The number of carbonyl (C=O) groups is 2. The number of hydrogen-bond acceptors (Lipinski definition) is 4. The highest BCUT2D eigenvalue weighted by Gasteiger charge is 2.33. The van der Waals surface area contributed by atoms with Gasteiger partial charge < -0.3 is 10.2 Å². The van der Waals surface area contributed by atoms with Gasteiger partial charge in [0.05, 0.1) is 10.6 Å². The second kappa shape index (κ2) is 12.3. The molecule has 3 aromatic carbocycles. The summed E-state index contributed by atoms with van der Waals surface area (Å²) in [6.45, 7) is 10.7. The van der Waals surface area contributed by atoms with Crippen molar-refractivity contribution in [3.05, 3.63) is 94.0 Å². The number of benzene rings is 3. The lowest BCUT2D eigenvalue weighted by Crippen LogP contribution is -2.54. The molecule has 1 N–H and O–H groups in total. The molecule has 2 amide bonds. The molecule has 0 aliphatic carbocycles. The van der Waals surface area contributed by atoms with Crippen LogP contribution < -0.4 is 9.62 Å². The molecule has 3 rings (SSSR count). The van der Waals surface area contributed by atoms with Gasteiger partial charge in [0.1, 0.15) is 12.6 Å². The molecule has 0 saturated heterocycles. The van der Waals surface area contributed by atoms with Crippen LogP contribution in [0.3, 0.4) is 0 Å². The van der Waals surface area contributed by atoms with E-state index in [1.807, 2.05) is 65.0 Å². The van der Waals surface area contributed by atoms with E-state index < -0.39 is 34.1 Å². The molecule has 3 aromatic rings. The van der Waals surface area contributed by atoms with Crippen molar-refractivity contribution in [3.8, 4) is 0 Å². The summed E-state index contributed by atoms with van der Waals surface area (Å²) >= 11 is 3.42. The monoisotopic (exact) mass is 613 g/mol. The Labute approximate surface area is 240 Å². The van der Waals surface area contributed by atoms with Gasteiger partial charge in [0.25, 0.3) is 10.0 Å². The molecule has 0 aliphatic heterocycles. The minimum Gasteiger partial charge on any atom is -0.350 e. The minimum absolute atomic E-state index is 0.0787. The summed E-state index contributed by atoms with van der Waals surface area (Å²) in [5, 5.41) is 2.93. The number of nitrogens with one attached hydrogen (secondary N) is 1. The fourth-order valence-corrected chi connectivity index (χ4v) is 5.87. The van der Waals surface area contributed by atoms with Gasteiger partial charge in [-0.1, -0.05) is 52.3 Å². The molecule has 0 heterocycles. The van der Waals surface area contributed by atoms with Crippen molar-refractivity contribution in [2.45, 2.75) is 64.6 Å². The second-order valence-corrected chi connectivity index (χ2v) is 13.5. The van der Waals surface area contributed by atoms with Crippen molar-refractivity contribution in [1.82, 2.24) is 10.2 Å². The Kier molecular flexibility index (Phi) is 9.61. The van der Waals surface area contributed by atoms with Crippen LogP contribution in [0.25, 0.3) is 0 Å². The van der Waals surface area contributed by atoms with Crippen LogP contribution in [0.5, 0.6) is 0 Å². The summed E-state index contributed by atoms with van der Waals surface area (Å²) in [6, 6.07) is 20.1. The molecule has 0 fully saturated rings. The molecule has 7 nitrogen and oxygen atoms in total. The molecular weight excluding hydrogens is 578 g/mol. The Morgan fingerprint density at radius 3 is 2.03 bits per heavy atom. The average molecular weight is 615 g/mol. The van der Waals surface area contributed by atoms with Gasteiger partial charge in [0.2, 0.25) is 11.8 Å². The topological polar surface area (TPSA) is 86.8 Å². The van der Waals surface area contributed by atoms with E-state index in [1.165, 1.54) is 17.0 Å². The highest BCUT2D eigenvalue weighted by Crippen LogP contribution is 2.27. The second-order valence-electron chi connectivity index (χ2n) is 10.7. The molecule has 0 radical (unpaired) electrons. The zero-order valence-corrected chi connectivity index (χ0v) is 25.6. The first-order valence-electron chi connectivity index (χ1n) is 12.7. The summed E-state index contributed by atoms with van der Waals surface area (Å²) in [5.41, 5.74) is 2.44. The van der Waals surface area contributed by atoms with Gasteiger partial charge in [0.15, 0.2) is 0 Å². The largest absolute Gasteiger partial charge is 0.350 e. The molecule has 208 valence electrons. The number of nitrogens with zero attached hydrogens (tertiary/aromatic N) is 2. The summed E-state index contributed by atoms with van der Waals surface area (Å²) in [6.07, 6.45) is 0. The van der Waals surface area contributed by atoms with Crippen molar-refractivity contribution in [2.24, 2.45) is 0 Å². The van der Waals surface area contributed by atoms with Gasteiger partial charge in [-0.05, 0) is 94.6 Å². The third-order valence-electron chi connectivity index (χ3n) is 6.04. The van der Waals surface area contributed by atoms with Gasteiger partial charge in [-0.25, -0.2) is 8.42 Å². The van der Waals surface area contributed by atoms with E-state index in [0.717, 1.165) is 25.5 Å². The van der Waals surface area contributed by atoms with E-state index in [9.17, 15) is 18.0 Å². The predicted molar refractivity (Wildman–Crippen MR) is 159 cm³/mol. The Hall–Kier alpha value is -3.17. The van der Waals surface area contributed by atoms with E-state index in [2.05, 4.69) is 21.2 Å². The molecule has 0 aliphatic rings. The number of carbonyl (C=O) groups excluding carboxylic acids is 2. The SMILES string of the molecule is Cc1cc(C)cc(N(CC(=O)N(Cc2ccc(Br)cc2)[C@@H](C)C(=O)NC(C)(C)C)S(=O)(=O)c2ccccc2)c1. The quantitative estimate of drug-likeness (QED) is 0.341. The van der Waals surface area contributed by atoms with Crippen LogP contribution in [0.2, 0.25) is 0 Å². The zero-order chi connectivity index (χ0) is 29.0. The fraction of sp³-hybridized carbons (Fsp3) is 0.333. The van der Waals surface area contributed by atoms with E-state index >= 15 is 0 Å². The van der Waals surface area contributed by atoms with Crippen LogP contribution in [0.1, 0.15) is 44.4 Å². The minimum atomic E-state index is -4.09. The molecule has 9 heteroatoms. The third-order valence-corrected chi connectivity index (χ3v) is 8.35. The molecule has 0 saturated carbocycles. The molecule has 0 aromatic heterocycles. The lowest BCUT2D eigenvalue weighted by Gasteiger charge is -2.33. The Bertz CT molecular complexity index is 1400. The Morgan fingerprint density at radius 2 is 1.49 bits per heavy atom. The van der Waals surface area contributed by atoms with Gasteiger partial charge in [-0.15, -0.1) is 0 Å². The number of hydrogen-bond donors (Lipinski definition) is 1. The van der Waals surface area contributed by atoms with Gasteiger partial charge in [-0.3, -0.25) is 13.9 Å². The predicted octanol–water partition coefficient (Wildman–Crippen LogP) is 5.59. The lowest BCUT2D eigenvalue weighted by atomic mass is 10.1. The van der Waals surface area contributed by atoms with Crippen LogP contribution in [0.15, 0.2) is 82.2 Å². The van der Waals surface area contributed by atoms with E-state index in [-0.39, 0.29) is 17.3 Å². The number of amides is 2. The van der Waals surface area contributed by atoms with Crippen molar-refractivity contribution in [3.63, 3.8) is 0 Å². The van der Waals surface area contributed by atoms with E-state index in [0.29, 0.717) is 5.69 Å². The number of sulfonamides is 1. The van der Waals surface area contributed by atoms with Gasteiger partial charge >= 0.3 is 0 Å². The zero-order valence-electron chi connectivity index (χ0n) is 23.2. The van der Waals surface area contributed by atoms with Crippen molar-refractivity contribution < 1.29 is 18.0 Å². The number of halogens is 1. The van der Waals surface area contributed by atoms with Crippen LogP contribution in [-0.4, -0.2) is 43.3 Å². The Balaban J connectivity index is 2.05. The third kappa shape index (κ3) is 8.16. The van der Waals surface area contributed by atoms with E-state index in [1.54, 1.807) is 37.3 Å². The number of rotatable bonds is 9. The van der Waals surface area contributed by atoms with Crippen LogP contribution in [0.4, 0.5) is 5.69 Å². The molecule has 0 bridgehead atoms. The smallest absolute Gasteiger partial charge is 0.264 e. The fourth-order valence-electron chi connectivity index (χ4n) is 4.19. The van der Waals surface area contributed by atoms with Crippen LogP contribution in [0, 0.1) is 13.8 Å². The number of aryl methyl sites for hydroxylation is 2. The summed E-state index contributed by atoms with van der Waals surface area (Å²) < 4.78 is 29.8. The van der Waals surface area contributed by atoms with Crippen molar-refractivity contribution >= 4 is 43.5 Å². The maximum absolute atomic E-state index is 14.0. The van der Waals surface area contributed by atoms with Crippen LogP contribution in [-0.2, 0) is 26.2 Å². The summed E-state index contributed by atoms with van der Waals surface area (Å²) in [7, 11) is -4.09. The summed E-state index contributed by atoms with van der Waals surface area (Å²) in [5.74, 6) is -0.815. The molecule has 0 spiro atoms. The number of anilines is 1. The Morgan fingerprint density at radius 1 is 0.923 bits per heavy atom. The average Bonchev–Trinajstić information content (AvgIpc) is 2.85. The first-order valence-corrected chi connectivity index (χ1v) is 14.9. The molecule has 1 atom stereocenters. The summed E-state index contributed by atoms with van der Waals surface area (Å²) in [4.78, 5) is 28.7. The maximum Gasteiger partial charge on any atom is 0.264 e. The first kappa shape index (κ1) is 30.4. The molecule has 39 heavy (non-hydrogen) atoms. The lowest BCUT2D eigenvalue weighted by molar-refractivity contribution is -0.140. The highest BCUT2D eigenvalue weighted by molar-refractivity contribution is 9.10. The molecule has 0 unspecified atom stereocenters. The normalized spacial score (nSPS) is 12.5. The van der Waals surface area contributed by atoms with Crippen molar-refractivity contribution in [1.29, 1.82) is 0 Å². The van der Waals surface area contributed by atoms with Crippen LogP contribution >= 0.6 is 15.9 Å². The van der Waals surface area contributed by atoms with Gasteiger partial charge in [-0.2, -0.15) is 0 Å². The van der Waals surface area contributed by atoms with E-state index in [4.69, 9.17) is 0 Å². The standard InChI is InChI=1S/C30H36BrN3O4S/c1-21-16-22(2)18-26(17-21)34(39(37,38)27-10-8-7-9-11-27)20-28(35)33(19-24-12-14-25(31)15-13-24)23(3)29(36)32-30(4,5)6/h7-18,23H,19-20H2,1-6H3,(H,32,36)/t23-/m0/s1. The molecular formula is C30H36BrN3O4S.